The maximum absolute atomic E-state index is 12.1. The summed E-state index contributed by atoms with van der Waals surface area (Å²) in [7, 11) is 0. The molecule has 1 aromatic rings. The number of piperidine rings is 1. The highest BCUT2D eigenvalue weighted by Crippen LogP contribution is 2.34. The van der Waals surface area contributed by atoms with Gasteiger partial charge in [-0.15, -0.1) is 0 Å². The van der Waals surface area contributed by atoms with Gasteiger partial charge >= 0.3 is 0 Å². The fourth-order valence-corrected chi connectivity index (χ4v) is 2.97. The second kappa shape index (κ2) is 6.92. The molecule has 0 N–H and O–H groups in total. The van der Waals surface area contributed by atoms with Gasteiger partial charge in [-0.1, -0.05) is 18.6 Å². The molecule has 1 unspecified atom stereocenters. The van der Waals surface area contributed by atoms with Crippen LogP contribution in [-0.4, -0.2) is 33.4 Å². The second-order valence-electron chi connectivity index (χ2n) is 6.75. The van der Waals surface area contributed by atoms with Gasteiger partial charge in [0.2, 0.25) is 5.91 Å². The van der Waals surface area contributed by atoms with E-state index in [0.29, 0.717) is 12.3 Å². The Kier molecular flexibility index (Phi) is 5.21. The van der Waals surface area contributed by atoms with E-state index in [1.807, 2.05) is 22.0 Å². The summed E-state index contributed by atoms with van der Waals surface area (Å²) in [5, 5.41) is 0. The largest absolute Gasteiger partial charge is 0.340 e. The highest BCUT2D eigenvalue weighted by Gasteiger charge is 2.33. The molecule has 2 heterocycles. The molecule has 1 saturated heterocycles. The van der Waals surface area contributed by atoms with Gasteiger partial charge in [-0.2, -0.15) is 0 Å². The van der Waals surface area contributed by atoms with Crippen molar-refractivity contribution >= 4 is 5.91 Å². The molecule has 116 valence electrons. The first kappa shape index (κ1) is 15.8. The molecule has 0 saturated carbocycles. The van der Waals surface area contributed by atoms with Crippen molar-refractivity contribution in [1.82, 2.24) is 14.5 Å². The van der Waals surface area contributed by atoms with Crippen LogP contribution in [0.25, 0.3) is 0 Å². The van der Waals surface area contributed by atoms with Crippen molar-refractivity contribution in [3.05, 3.63) is 30.4 Å². The lowest BCUT2D eigenvalue weighted by atomic mass is 9.77. The van der Waals surface area contributed by atoms with E-state index in [1.165, 1.54) is 5.57 Å². The Labute approximate surface area is 127 Å². The van der Waals surface area contributed by atoms with Crippen LogP contribution in [0, 0.1) is 5.41 Å². The Hall–Kier alpha value is -1.58. The number of carbonyl (C=O) groups excluding carboxylic acids is 1. The van der Waals surface area contributed by atoms with Crippen molar-refractivity contribution in [1.29, 1.82) is 0 Å². The molecular formula is C17H27N3O. The molecule has 0 aliphatic carbocycles. The number of hydrogen-bond donors (Lipinski definition) is 0. The van der Waals surface area contributed by atoms with E-state index in [0.717, 1.165) is 38.9 Å². The Morgan fingerprint density at radius 2 is 2.24 bits per heavy atom. The van der Waals surface area contributed by atoms with Gasteiger partial charge in [0.15, 0.2) is 0 Å². The van der Waals surface area contributed by atoms with Gasteiger partial charge in [0.1, 0.15) is 0 Å². The highest BCUT2D eigenvalue weighted by molar-refractivity contribution is 5.77. The number of nitrogens with zero attached hydrogens (tertiary/aromatic N) is 3. The maximum atomic E-state index is 12.1. The fraction of sp³-hybridized carbons (Fsp3) is 0.647. The quantitative estimate of drug-likeness (QED) is 0.754. The zero-order valence-electron chi connectivity index (χ0n) is 13.5. The first-order valence-electron chi connectivity index (χ1n) is 7.85. The number of allylic oxidation sites excluding steroid dienone is 2. The van der Waals surface area contributed by atoms with E-state index in [9.17, 15) is 4.79 Å². The van der Waals surface area contributed by atoms with Crippen LogP contribution < -0.4 is 0 Å². The van der Waals surface area contributed by atoms with E-state index in [2.05, 4.69) is 31.8 Å². The molecular weight excluding hydrogens is 262 g/mol. The van der Waals surface area contributed by atoms with Crippen LogP contribution >= 0.6 is 0 Å². The summed E-state index contributed by atoms with van der Waals surface area (Å²) in [6.45, 7) is 9.11. The number of hydrogen-bond acceptors (Lipinski definition) is 2. The lowest BCUT2D eigenvalue weighted by Gasteiger charge is -2.40. The zero-order valence-corrected chi connectivity index (χ0v) is 13.5. The van der Waals surface area contributed by atoms with Crippen molar-refractivity contribution in [2.75, 3.05) is 13.1 Å². The van der Waals surface area contributed by atoms with Crippen molar-refractivity contribution in [2.24, 2.45) is 5.41 Å². The van der Waals surface area contributed by atoms with Crippen LogP contribution in [0.2, 0.25) is 0 Å². The van der Waals surface area contributed by atoms with Crippen molar-refractivity contribution in [3.8, 4) is 0 Å². The highest BCUT2D eigenvalue weighted by atomic mass is 16.2. The smallest absolute Gasteiger partial charge is 0.222 e. The van der Waals surface area contributed by atoms with Gasteiger partial charge in [-0.3, -0.25) is 4.79 Å². The van der Waals surface area contributed by atoms with Crippen molar-refractivity contribution in [3.63, 3.8) is 0 Å². The lowest BCUT2D eigenvalue weighted by molar-refractivity contribution is -0.137. The van der Waals surface area contributed by atoms with E-state index in [4.69, 9.17) is 0 Å². The molecule has 4 nitrogen and oxygen atoms in total. The molecule has 1 fully saturated rings. The van der Waals surface area contributed by atoms with Crippen LogP contribution in [-0.2, 0) is 11.3 Å². The number of imidazole rings is 1. The van der Waals surface area contributed by atoms with Gasteiger partial charge < -0.3 is 9.47 Å². The van der Waals surface area contributed by atoms with Crippen LogP contribution in [0.4, 0.5) is 0 Å². The maximum Gasteiger partial charge on any atom is 0.222 e. The Morgan fingerprint density at radius 3 is 2.90 bits per heavy atom. The molecule has 1 aliphatic rings. The van der Waals surface area contributed by atoms with Crippen LogP contribution in [0.1, 0.15) is 46.5 Å². The Balaban J connectivity index is 1.88. The minimum atomic E-state index is 0.259. The molecule has 4 heteroatoms. The normalized spacial score (nSPS) is 22.4. The molecule has 0 spiro atoms. The summed E-state index contributed by atoms with van der Waals surface area (Å²) in [4.78, 5) is 18.2. The van der Waals surface area contributed by atoms with Crippen LogP contribution in [0.3, 0.4) is 0 Å². The van der Waals surface area contributed by atoms with E-state index in [1.54, 1.807) is 6.20 Å². The molecule has 1 aromatic heterocycles. The Morgan fingerprint density at radius 1 is 1.43 bits per heavy atom. The molecule has 0 radical (unpaired) electrons. The molecule has 1 atom stereocenters. The Bertz CT molecular complexity index is 488. The van der Waals surface area contributed by atoms with Gasteiger partial charge in [0.05, 0.1) is 6.33 Å². The summed E-state index contributed by atoms with van der Waals surface area (Å²) in [6.07, 6.45) is 11.8. The number of rotatable bonds is 6. The van der Waals surface area contributed by atoms with E-state index < -0.39 is 0 Å². The number of likely N-dealkylation sites (tertiary alicyclic amines) is 1. The molecule has 0 bridgehead atoms. The fourth-order valence-electron chi connectivity index (χ4n) is 2.97. The predicted octanol–water partition coefficient (Wildman–Crippen LogP) is 3.26. The third-order valence-corrected chi connectivity index (χ3v) is 4.36. The SMILES string of the molecule is CC(C)=CCCC1(C)CCC(=O)N(CCn2ccnc2)C1. The molecule has 21 heavy (non-hydrogen) atoms. The van der Waals surface area contributed by atoms with E-state index in [-0.39, 0.29) is 5.41 Å². The first-order valence-corrected chi connectivity index (χ1v) is 7.85. The molecule has 0 aromatic carbocycles. The number of carbonyl (C=O) groups is 1. The zero-order chi connectivity index (χ0) is 15.3. The monoisotopic (exact) mass is 289 g/mol. The van der Waals surface area contributed by atoms with Gasteiger partial charge in [-0.25, -0.2) is 4.98 Å². The van der Waals surface area contributed by atoms with Crippen molar-refractivity contribution in [2.45, 2.75) is 53.0 Å². The molecule has 1 amide bonds. The first-order chi connectivity index (χ1) is 9.98. The lowest BCUT2D eigenvalue weighted by Crippen LogP contribution is -2.46. The van der Waals surface area contributed by atoms with E-state index >= 15 is 0 Å². The van der Waals surface area contributed by atoms with Gasteiger partial charge in [-0.05, 0) is 38.5 Å². The second-order valence-corrected chi connectivity index (χ2v) is 6.75. The third-order valence-electron chi connectivity index (χ3n) is 4.36. The minimum Gasteiger partial charge on any atom is -0.340 e. The summed E-state index contributed by atoms with van der Waals surface area (Å²) in [6, 6.07) is 0. The average Bonchev–Trinajstić information content (AvgIpc) is 2.93. The third kappa shape index (κ3) is 4.73. The van der Waals surface area contributed by atoms with Crippen molar-refractivity contribution < 1.29 is 4.79 Å². The molecule has 2 rings (SSSR count). The van der Waals surface area contributed by atoms with Gasteiger partial charge in [0, 0.05) is 38.4 Å². The molecule has 1 aliphatic heterocycles. The average molecular weight is 289 g/mol. The standard InChI is InChI=1S/C17H27N3O/c1-15(2)5-4-7-17(3)8-6-16(21)20(13-17)12-11-19-10-9-18-14-19/h5,9-10,14H,4,6-8,11-13H2,1-3H3. The summed E-state index contributed by atoms with van der Waals surface area (Å²) >= 11 is 0. The summed E-state index contributed by atoms with van der Waals surface area (Å²) in [5.41, 5.74) is 1.64. The van der Waals surface area contributed by atoms with Crippen LogP contribution in [0.15, 0.2) is 30.4 Å². The number of amides is 1. The topological polar surface area (TPSA) is 38.1 Å². The summed E-state index contributed by atoms with van der Waals surface area (Å²) in [5.74, 6) is 0.301. The van der Waals surface area contributed by atoms with Crippen LogP contribution in [0.5, 0.6) is 0 Å². The minimum absolute atomic E-state index is 0.259. The van der Waals surface area contributed by atoms with Gasteiger partial charge in [0.25, 0.3) is 0 Å². The number of aromatic nitrogens is 2. The summed E-state index contributed by atoms with van der Waals surface area (Å²) < 4.78 is 2.03. The predicted molar refractivity (Wildman–Crippen MR) is 84.8 cm³/mol.